The monoisotopic (exact) mass is 248 g/mol. The van der Waals surface area contributed by atoms with Gasteiger partial charge in [-0.15, -0.1) is 12.4 Å². The summed E-state index contributed by atoms with van der Waals surface area (Å²) in [7, 11) is 0. The second-order valence-electron chi connectivity index (χ2n) is 5.20. The Kier molecular flexibility index (Phi) is 4.21. The van der Waals surface area contributed by atoms with Crippen LogP contribution in [0.15, 0.2) is 0 Å². The number of amides is 1. The smallest absolute Gasteiger partial charge is 0.240 e. The summed E-state index contributed by atoms with van der Waals surface area (Å²) in [4.78, 5) is 11.9. The molecule has 1 saturated carbocycles. The molecule has 16 heavy (non-hydrogen) atoms. The molecule has 94 valence electrons. The van der Waals surface area contributed by atoms with Gasteiger partial charge in [-0.25, -0.2) is 0 Å². The van der Waals surface area contributed by atoms with E-state index in [4.69, 9.17) is 5.11 Å². The lowest BCUT2D eigenvalue weighted by Gasteiger charge is -2.24. The Balaban J connectivity index is 0.00000128. The highest BCUT2D eigenvalue weighted by molar-refractivity contribution is 5.86. The summed E-state index contributed by atoms with van der Waals surface area (Å²) < 4.78 is 0. The molecule has 1 atom stereocenters. The molecule has 1 unspecified atom stereocenters. The van der Waals surface area contributed by atoms with E-state index < -0.39 is 0 Å². The van der Waals surface area contributed by atoms with Gasteiger partial charge >= 0.3 is 0 Å². The van der Waals surface area contributed by atoms with Gasteiger partial charge in [-0.3, -0.25) is 4.79 Å². The van der Waals surface area contributed by atoms with Gasteiger partial charge in [0.1, 0.15) is 0 Å². The van der Waals surface area contributed by atoms with E-state index in [-0.39, 0.29) is 35.9 Å². The van der Waals surface area contributed by atoms with Crippen LogP contribution >= 0.6 is 12.4 Å². The number of aliphatic hydroxyl groups is 1. The number of rotatable bonds is 4. The molecule has 1 aliphatic heterocycles. The molecule has 0 aromatic heterocycles. The summed E-state index contributed by atoms with van der Waals surface area (Å²) in [5.74, 6) is 0.0831. The van der Waals surface area contributed by atoms with Crippen LogP contribution < -0.4 is 10.6 Å². The van der Waals surface area contributed by atoms with E-state index in [1.807, 2.05) is 6.92 Å². The molecule has 0 aromatic rings. The average molecular weight is 249 g/mol. The molecule has 0 radical (unpaired) electrons. The summed E-state index contributed by atoms with van der Waals surface area (Å²) in [6, 6.07) is 0. The van der Waals surface area contributed by atoms with Crippen molar-refractivity contribution in [3.05, 3.63) is 0 Å². The van der Waals surface area contributed by atoms with E-state index >= 15 is 0 Å². The lowest BCUT2D eigenvalue weighted by Crippen LogP contribution is -2.52. The number of carbonyl (C=O) groups is 1. The summed E-state index contributed by atoms with van der Waals surface area (Å²) in [6.45, 7) is 3.69. The van der Waals surface area contributed by atoms with E-state index in [0.29, 0.717) is 6.54 Å². The molecular formula is C11H21ClN2O2. The molecule has 2 fully saturated rings. The number of hydrogen-bond acceptors (Lipinski definition) is 3. The van der Waals surface area contributed by atoms with Crippen LogP contribution in [0.2, 0.25) is 0 Å². The van der Waals surface area contributed by atoms with Gasteiger partial charge < -0.3 is 15.7 Å². The first kappa shape index (κ1) is 13.7. The van der Waals surface area contributed by atoms with Gasteiger partial charge in [0.05, 0.1) is 12.1 Å². The first-order valence-electron chi connectivity index (χ1n) is 5.75. The summed E-state index contributed by atoms with van der Waals surface area (Å²) in [5, 5.41) is 15.3. The van der Waals surface area contributed by atoms with Gasteiger partial charge in [0.2, 0.25) is 5.91 Å². The van der Waals surface area contributed by atoms with E-state index in [1.54, 1.807) is 0 Å². The number of hydrogen-bond donors (Lipinski definition) is 3. The molecule has 3 N–H and O–H groups in total. The minimum atomic E-state index is -0.383. The van der Waals surface area contributed by atoms with Gasteiger partial charge in [-0.05, 0) is 39.2 Å². The Hall–Kier alpha value is -0.320. The first-order chi connectivity index (χ1) is 7.10. The summed E-state index contributed by atoms with van der Waals surface area (Å²) in [6.07, 6.45) is 4.04. The van der Waals surface area contributed by atoms with Crippen molar-refractivity contribution < 1.29 is 9.90 Å². The van der Waals surface area contributed by atoms with Crippen molar-refractivity contribution in [3.63, 3.8) is 0 Å². The van der Waals surface area contributed by atoms with Crippen molar-refractivity contribution in [3.8, 4) is 0 Å². The van der Waals surface area contributed by atoms with Crippen LogP contribution in [0, 0.1) is 5.41 Å². The molecule has 1 heterocycles. The fourth-order valence-electron chi connectivity index (χ4n) is 2.12. The predicted octanol–water partition coefficient (Wildman–Crippen LogP) is 0.439. The van der Waals surface area contributed by atoms with E-state index in [0.717, 1.165) is 32.2 Å². The third-order valence-corrected chi connectivity index (χ3v) is 3.79. The van der Waals surface area contributed by atoms with Crippen LogP contribution in [0.3, 0.4) is 0 Å². The molecule has 2 aliphatic rings. The SMILES string of the molecule is CC1(C(=O)NCC2(CO)CC2)CCCN1.Cl. The maximum atomic E-state index is 11.9. The lowest BCUT2D eigenvalue weighted by molar-refractivity contribution is -0.126. The molecule has 0 aromatic carbocycles. The first-order valence-corrected chi connectivity index (χ1v) is 5.75. The minimum Gasteiger partial charge on any atom is -0.396 e. The molecule has 1 aliphatic carbocycles. The Morgan fingerprint density at radius 3 is 2.56 bits per heavy atom. The van der Waals surface area contributed by atoms with Crippen LogP contribution in [0.5, 0.6) is 0 Å². The fourth-order valence-corrected chi connectivity index (χ4v) is 2.12. The highest BCUT2D eigenvalue weighted by Gasteiger charge is 2.43. The number of halogens is 1. The van der Waals surface area contributed by atoms with Crippen LogP contribution in [0.1, 0.15) is 32.6 Å². The standard InChI is InChI=1S/C11H20N2O2.ClH/c1-10(3-2-6-13-10)9(15)12-7-11(8-14)4-5-11;/h13-14H,2-8H2,1H3,(H,12,15);1H. The number of nitrogens with one attached hydrogen (secondary N) is 2. The van der Waals surface area contributed by atoms with Crippen molar-refractivity contribution >= 4 is 18.3 Å². The lowest BCUT2D eigenvalue weighted by atomic mass is 9.98. The fraction of sp³-hybridized carbons (Fsp3) is 0.909. The molecule has 5 heteroatoms. The maximum absolute atomic E-state index is 11.9. The van der Waals surface area contributed by atoms with E-state index in [2.05, 4.69) is 10.6 Å². The van der Waals surface area contributed by atoms with Crippen LogP contribution in [-0.2, 0) is 4.79 Å². The minimum absolute atomic E-state index is 0. The molecule has 0 bridgehead atoms. The zero-order chi connectivity index (χ0) is 10.9. The maximum Gasteiger partial charge on any atom is 0.240 e. The van der Waals surface area contributed by atoms with E-state index in [1.165, 1.54) is 0 Å². The third kappa shape index (κ3) is 2.67. The second-order valence-corrected chi connectivity index (χ2v) is 5.20. The van der Waals surface area contributed by atoms with Crippen LogP contribution in [-0.4, -0.2) is 36.2 Å². The Morgan fingerprint density at radius 2 is 2.12 bits per heavy atom. The highest BCUT2D eigenvalue weighted by Crippen LogP contribution is 2.44. The topological polar surface area (TPSA) is 61.4 Å². The molecule has 0 spiro atoms. The van der Waals surface area contributed by atoms with Gasteiger partial charge in [0.25, 0.3) is 0 Å². The molecule has 1 saturated heterocycles. The highest BCUT2D eigenvalue weighted by atomic mass is 35.5. The Morgan fingerprint density at radius 1 is 1.44 bits per heavy atom. The zero-order valence-electron chi connectivity index (χ0n) is 9.71. The molecule has 4 nitrogen and oxygen atoms in total. The molecule has 1 amide bonds. The van der Waals surface area contributed by atoms with Gasteiger partial charge in [0, 0.05) is 12.0 Å². The van der Waals surface area contributed by atoms with Crippen molar-refractivity contribution in [2.75, 3.05) is 19.7 Å². The van der Waals surface area contributed by atoms with E-state index in [9.17, 15) is 4.79 Å². The number of carbonyl (C=O) groups excluding carboxylic acids is 1. The predicted molar refractivity (Wildman–Crippen MR) is 64.7 cm³/mol. The summed E-state index contributed by atoms with van der Waals surface area (Å²) >= 11 is 0. The quantitative estimate of drug-likeness (QED) is 0.677. The average Bonchev–Trinajstić information content (AvgIpc) is 2.90. The van der Waals surface area contributed by atoms with Crippen LogP contribution in [0.4, 0.5) is 0 Å². The van der Waals surface area contributed by atoms with Gasteiger partial charge in [-0.2, -0.15) is 0 Å². The number of aliphatic hydroxyl groups excluding tert-OH is 1. The van der Waals surface area contributed by atoms with Crippen LogP contribution in [0.25, 0.3) is 0 Å². The largest absolute Gasteiger partial charge is 0.396 e. The third-order valence-electron chi connectivity index (χ3n) is 3.79. The Bertz CT molecular complexity index is 261. The van der Waals surface area contributed by atoms with Crippen molar-refractivity contribution in [1.82, 2.24) is 10.6 Å². The van der Waals surface area contributed by atoms with Crippen molar-refractivity contribution in [2.24, 2.45) is 5.41 Å². The summed E-state index contributed by atoms with van der Waals surface area (Å²) in [5.41, 5.74) is -0.379. The van der Waals surface area contributed by atoms with Crippen molar-refractivity contribution in [1.29, 1.82) is 0 Å². The van der Waals surface area contributed by atoms with Crippen molar-refractivity contribution in [2.45, 2.75) is 38.1 Å². The molecular weight excluding hydrogens is 228 g/mol. The normalized spacial score (nSPS) is 30.6. The second kappa shape index (κ2) is 4.90. The van der Waals surface area contributed by atoms with Gasteiger partial charge in [0.15, 0.2) is 0 Å². The zero-order valence-corrected chi connectivity index (χ0v) is 10.5. The van der Waals surface area contributed by atoms with Gasteiger partial charge in [-0.1, -0.05) is 0 Å². The molecule has 2 rings (SSSR count). The Labute approximate surface area is 103 Å².